The van der Waals surface area contributed by atoms with Crippen LogP contribution in [0.1, 0.15) is 51.1 Å². The molecule has 1 heterocycles. The average Bonchev–Trinajstić information content (AvgIpc) is 3.09. The van der Waals surface area contributed by atoms with Gasteiger partial charge in [-0.25, -0.2) is 4.79 Å². The Kier molecular flexibility index (Phi) is 4.95. The third-order valence-corrected chi connectivity index (χ3v) is 7.10. The number of aromatic nitrogens is 1. The molecular weight excluding hydrogens is 398 g/mol. The van der Waals surface area contributed by atoms with Crippen LogP contribution in [-0.4, -0.2) is 34.7 Å². The van der Waals surface area contributed by atoms with Crippen molar-refractivity contribution >= 4 is 28.9 Å². The van der Waals surface area contributed by atoms with Crippen LogP contribution in [-0.2, 0) is 20.7 Å². The normalized spacial score (nSPS) is 29.5. The average molecular weight is 425 g/mol. The molecule has 0 aliphatic heterocycles. The smallest absolute Gasteiger partial charge is 0.321 e. The summed E-state index contributed by atoms with van der Waals surface area (Å²) in [6.45, 7) is 1.45. The van der Waals surface area contributed by atoms with Gasteiger partial charge in [-0.05, 0) is 75.3 Å². The molecule has 4 saturated carbocycles. The van der Waals surface area contributed by atoms with Crippen LogP contribution < -0.4 is 10.6 Å². The number of amides is 3. The first-order chi connectivity index (χ1) is 14.9. The first-order valence-electron chi connectivity index (χ1n) is 11.0. The van der Waals surface area contributed by atoms with Crippen molar-refractivity contribution in [3.63, 3.8) is 0 Å². The van der Waals surface area contributed by atoms with E-state index < -0.39 is 24.0 Å². The minimum absolute atomic E-state index is 0.117. The van der Waals surface area contributed by atoms with E-state index in [2.05, 4.69) is 15.8 Å². The van der Waals surface area contributed by atoms with E-state index in [1.807, 2.05) is 12.1 Å². The highest BCUT2D eigenvalue weighted by atomic mass is 16.5. The molecule has 0 spiro atoms. The number of para-hydroxylation sites is 1. The Hall–Kier alpha value is -2.90. The molecule has 0 radical (unpaired) electrons. The second kappa shape index (κ2) is 7.66. The zero-order valence-corrected chi connectivity index (χ0v) is 17.6. The number of ether oxygens (including phenoxy) is 1. The lowest BCUT2D eigenvalue weighted by Gasteiger charge is -2.56. The number of hydrogen-bond donors (Lipinski definition) is 2. The second-order valence-corrected chi connectivity index (χ2v) is 9.58. The molecule has 4 fully saturated rings. The minimum atomic E-state index is -1.09. The molecule has 0 unspecified atom stereocenters. The molecule has 6 rings (SSSR count). The van der Waals surface area contributed by atoms with Crippen molar-refractivity contribution in [2.45, 2.75) is 63.5 Å². The summed E-state index contributed by atoms with van der Waals surface area (Å²) in [4.78, 5) is 37.2. The molecule has 4 bridgehead atoms. The number of esters is 1. The van der Waals surface area contributed by atoms with Gasteiger partial charge in [0.25, 0.3) is 5.91 Å². The Morgan fingerprint density at radius 2 is 1.77 bits per heavy atom. The number of urea groups is 1. The lowest BCUT2D eigenvalue weighted by Crippen LogP contribution is -2.62. The van der Waals surface area contributed by atoms with E-state index in [0.717, 1.165) is 24.6 Å². The molecule has 1 atom stereocenters. The molecule has 3 amide bonds. The number of rotatable bonds is 5. The van der Waals surface area contributed by atoms with Crippen molar-refractivity contribution in [1.82, 2.24) is 15.8 Å². The summed E-state index contributed by atoms with van der Waals surface area (Å²) in [5, 5.41) is 10.1. The third kappa shape index (κ3) is 4.03. The summed E-state index contributed by atoms with van der Waals surface area (Å²) in [6.07, 6.45) is 5.60. The van der Waals surface area contributed by atoms with Crippen LogP contribution in [0.15, 0.2) is 28.8 Å². The zero-order valence-electron chi connectivity index (χ0n) is 17.6. The van der Waals surface area contributed by atoms with Gasteiger partial charge in [0.2, 0.25) is 0 Å². The maximum atomic E-state index is 12.5. The third-order valence-electron chi connectivity index (χ3n) is 7.10. The number of carbonyl (C=O) groups is 3. The fraction of sp³-hybridized carbons (Fsp3) is 0.565. The van der Waals surface area contributed by atoms with E-state index >= 15 is 0 Å². The van der Waals surface area contributed by atoms with Crippen LogP contribution in [0.25, 0.3) is 11.0 Å². The molecule has 8 heteroatoms. The van der Waals surface area contributed by atoms with Crippen molar-refractivity contribution < 1.29 is 23.6 Å². The van der Waals surface area contributed by atoms with Crippen LogP contribution in [0.5, 0.6) is 0 Å². The predicted molar refractivity (Wildman–Crippen MR) is 111 cm³/mol. The van der Waals surface area contributed by atoms with E-state index in [0.29, 0.717) is 29.0 Å². The summed E-state index contributed by atoms with van der Waals surface area (Å²) in [5.41, 5.74) is 0.845. The number of nitrogens with one attached hydrogen (secondary N) is 2. The number of benzene rings is 1. The van der Waals surface area contributed by atoms with Crippen molar-refractivity contribution in [2.24, 2.45) is 17.8 Å². The van der Waals surface area contributed by atoms with Crippen LogP contribution in [0, 0.1) is 17.8 Å². The summed E-state index contributed by atoms with van der Waals surface area (Å²) in [6, 6.07) is 6.70. The van der Waals surface area contributed by atoms with E-state index in [1.165, 1.54) is 26.2 Å². The topological polar surface area (TPSA) is 111 Å². The van der Waals surface area contributed by atoms with Gasteiger partial charge in [0, 0.05) is 10.9 Å². The van der Waals surface area contributed by atoms with Crippen molar-refractivity contribution in [3.05, 3.63) is 30.0 Å². The van der Waals surface area contributed by atoms with Gasteiger partial charge < -0.3 is 14.6 Å². The Labute approximate surface area is 180 Å². The maximum Gasteiger partial charge on any atom is 0.321 e. The Bertz CT molecular complexity index is 994. The zero-order chi connectivity index (χ0) is 21.6. The lowest BCUT2D eigenvalue weighted by atomic mass is 9.53. The highest BCUT2D eigenvalue weighted by molar-refractivity contribution is 5.97. The van der Waals surface area contributed by atoms with Gasteiger partial charge in [0.05, 0.1) is 6.42 Å². The number of imide groups is 1. The van der Waals surface area contributed by atoms with Gasteiger partial charge in [-0.2, -0.15) is 0 Å². The fourth-order valence-electron chi connectivity index (χ4n) is 6.24. The monoisotopic (exact) mass is 425 g/mol. The van der Waals surface area contributed by atoms with Gasteiger partial charge >= 0.3 is 12.0 Å². The predicted octanol–water partition coefficient (Wildman–Crippen LogP) is 3.10. The van der Waals surface area contributed by atoms with Gasteiger partial charge in [-0.3, -0.25) is 14.9 Å². The number of fused-ring (bicyclic) bond motifs is 1. The molecular formula is C23H27N3O5. The molecule has 4 aliphatic rings. The van der Waals surface area contributed by atoms with Crippen molar-refractivity contribution in [1.29, 1.82) is 0 Å². The summed E-state index contributed by atoms with van der Waals surface area (Å²) < 4.78 is 10.4. The Morgan fingerprint density at radius 1 is 1.13 bits per heavy atom. The molecule has 1 aromatic heterocycles. The summed E-state index contributed by atoms with van der Waals surface area (Å²) in [5.74, 6) is 0.822. The SMILES string of the molecule is C[C@H](OC(=O)Cc1noc2ccccc12)C(=O)NC(=O)NC12CC3CC(CC(C3)C1)C2. The minimum Gasteiger partial charge on any atom is -0.452 e. The first kappa shape index (κ1) is 20.0. The van der Waals surface area contributed by atoms with E-state index in [4.69, 9.17) is 9.26 Å². The molecule has 0 saturated heterocycles. The summed E-state index contributed by atoms with van der Waals surface area (Å²) in [7, 11) is 0. The first-order valence-corrected chi connectivity index (χ1v) is 11.0. The van der Waals surface area contributed by atoms with Crippen LogP contribution in [0.2, 0.25) is 0 Å². The van der Waals surface area contributed by atoms with Gasteiger partial charge in [0.15, 0.2) is 11.7 Å². The molecule has 2 N–H and O–H groups in total. The quantitative estimate of drug-likeness (QED) is 0.712. The number of carbonyl (C=O) groups excluding carboxylic acids is 3. The highest BCUT2D eigenvalue weighted by Gasteiger charge is 2.51. The largest absolute Gasteiger partial charge is 0.452 e. The molecule has 4 aliphatic carbocycles. The molecule has 1 aromatic carbocycles. The van der Waals surface area contributed by atoms with Gasteiger partial charge in [-0.1, -0.05) is 17.3 Å². The van der Waals surface area contributed by atoms with E-state index in [9.17, 15) is 14.4 Å². The Balaban J connectivity index is 1.13. The van der Waals surface area contributed by atoms with Crippen molar-refractivity contribution in [2.75, 3.05) is 0 Å². The van der Waals surface area contributed by atoms with Gasteiger partial charge in [0.1, 0.15) is 5.69 Å². The summed E-state index contributed by atoms with van der Waals surface area (Å²) >= 11 is 0. The number of nitrogens with zero attached hydrogens (tertiary/aromatic N) is 1. The molecule has 31 heavy (non-hydrogen) atoms. The van der Waals surface area contributed by atoms with E-state index in [1.54, 1.807) is 12.1 Å². The van der Waals surface area contributed by atoms with E-state index in [-0.39, 0.29) is 12.0 Å². The van der Waals surface area contributed by atoms with Crippen molar-refractivity contribution in [3.8, 4) is 0 Å². The standard InChI is InChI=1S/C23H27N3O5/c1-13(30-20(27)9-18-17-4-2-3-5-19(17)31-26-18)21(28)24-22(29)25-23-10-14-6-15(11-23)8-16(7-14)12-23/h2-5,13-16H,6-12H2,1H3,(H2,24,25,28,29)/t13-,14?,15?,16?,23?/m0/s1. The van der Waals surface area contributed by atoms with Crippen LogP contribution in [0.3, 0.4) is 0 Å². The lowest BCUT2D eigenvalue weighted by molar-refractivity contribution is -0.153. The van der Waals surface area contributed by atoms with Gasteiger partial charge in [-0.15, -0.1) is 0 Å². The van der Waals surface area contributed by atoms with Crippen LogP contribution >= 0.6 is 0 Å². The van der Waals surface area contributed by atoms with Crippen LogP contribution in [0.4, 0.5) is 4.79 Å². The molecule has 2 aromatic rings. The Morgan fingerprint density at radius 3 is 2.45 bits per heavy atom. The maximum absolute atomic E-state index is 12.5. The molecule has 164 valence electrons. The second-order valence-electron chi connectivity index (χ2n) is 9.58. The fourth-order valence-corrected chi connectivity index (χ4v) is 6.24. The molecule has 8 nitrogen and oxygen atoms in total. The highest BCUT2D eigenvalue weighted by Crippen LogP contribution is 2.55. The number of hydrogen-bond acceptors (Lipinski definition) is 6.